The Balaban J connectivity index is 2.06. The number of Topliss-reactive ketones (excluding diaryl/α,β-unsaturated/α-hetero) is 2. The zero-order valence-corrected chi connectivity index (χ0v) is 7.88. The largest absolute Gasteiger partial charge is 0.299 e. The maximum absolute atomic E-state index is 11.9. The van der Waals surface area contributed by atoms with Crippen LogP contribution in [0.15, 0.2) is 0 Å². The minimum Gasteiger partial charge on any atom is -0.299 e. The fraction of sp³-hybridized carbons (Fsp3) is 0.818. The van der Waals surface area contributed by atoms with Crippen LogP contribution in [0.4, 0.5) is 0 Å². The van der Waals surface area contributed by atoms with E-state index < -0.39 is 0 Å². The molecule has 2 nitrogen and oxygen atoms in total. The molecule has 0 aromatic heterocycles. The van der Waals surface area contributed by atoms with Gasteiger partial charge in [-0.3, -0.25) is 9.59 Å². The number of ketones is 2. The third-order valence-electron chi connectivity index (χ3n) is 4.30. The molecule has 4 rings (SSSR count). The van der Waals surface area contributed by atoms with Crippen molar-refractivity contribution in [2.45, 2.75) is 32.6 Å². The van der Waals surface area contributed by atoms with Gasteiger partial charge in [0.25, 0.3) is 0 Å². The molecule has 0 saturated heterocycles. The van der Waals surface area contributed by atoms with Gasteiger partial charge in [-0.25, -0.2) is 0 Å². The van der Waals surface area contributed by atoms with Crippen molar-refractivity contribution < 1.29 is 9.59 Å². The van der Waals surface area contributed by atoms with Crippen molar-refractivity contribution in [3.8, 4) is 0 Å². The van der Waals surface area contributed by atoms with Gasteiger partial charge in [-0.15, -0.1) is 0 Å². The third-order valence-corrected chi connectivity index (χ3v) is 4.30. The van der Waals surface area contributed by atoms with Crippen molar-refractivity contribution in [2.75, 3.05) is 0 Å². The lowest BCUT2D eigenvalue weighted by Gasteiger charge is -2.52. The van der Waals surface area contributed by atoms with E-state index in [0.29, 0.717) is 11.6 Å². The van der Waals surface area contributed by atoms with E-state index in [1.54, 1.807) is 0 Å². The molecule has 2 unspecified atom stereocenters. The Morgan fingerprint density at radius 2 is 1.62 bits per heavy atom. The third kappa shape index (κ3) is 0.792. The van der Waals surface area contributed by atoms with Crippen molar-refractivity contribution in [1.82, 2.24) is 0 Å². The molecule has 0 heterocycles. The van der Waals surface area contributed by atoms with Gasteiger partial charge in [0.05, 0.1) is 0 Å². The molecular weight excluding hydrogens is 164 g/mol. The fourth-order valence-electron chi connectivity index (χ4n) is 3.80. The lowest BCUT2D eigenvalue weighted by Crippen LogP contribution is -2.56. The Kier molecular flexibility index (Phi) is 1.21. The van der Waals surface area contributed by atoms with Gasteiger partial charge in [-0.1, -0.05) is 6.92 Å². The number of carbonyl (C=O) groups excluding carboxylic acids is 2. The number of hydrogen-bond donors (Lipinski definition) is 0. The first kappa shape index (κ1) is 7.72. The number of carbonyl (C=O) groups is 2. The number of hydrogen-bond acceptors (Lipinski definition) is 2. The quantitative estimate of drug-likeness (QED) is 0.564. The van der Waals surface area contributed by atoms with E-state index in [1.807, 2.05) is 0 Å². The van der Waals surface area contributed by atoms with Crippen LogP contribution in [0.2, 0.25) is 0 Å². The lowest BCUT2D eigenvalue weighted by atomic mass is 9.49. The van der Waals surface area contributed by atoms with Crippen molar-refractivity contribution >= 4 is 11.6 Å². The van der Waals surface area contributed by atoms with Crippen LogP contribution >= 0.6 is 0 Å². The van der Waals surface area contributed by atoms with Crippen LogP contribution in [0, 0.1) is 23.2 Å². The highest BCUT2D eigenvalue weighted by molar-refractivity contribution is 5.97. The summed E-state index contributed by atoms with van der Waals surface area (Å²) in [5.74, 6) is 1.62. The minimum atomic E-state index is -0.121. The summed E-state index contributed by atoms with van der Waals surface area (Å²) in [6.07, 6.45) is 3.42. The van der Waals surface area contributed by atoms with Gasteiger partial charge >= 0.3 is 0 Å². The zero-order chi connectivity index (χ0) is 9.22. The van der Waals surface area contributed by atoms with Gasteiger partial charge in [0.2, 0.25) is 0 Å². The van der Waals surface area contributed by atoms with E-state index in [9.17, 15) is 9.59 Å². The fourth-order valence-corrected chi connectivity index (χ4v) is 3.80. The molecule has 2 atom stereocenters. The SMILES string of the molecule is CC12CC3CC(CC(C1)C3=O)C2=O. The first-order valence-corrected chi connectivity index (χ1v) is 5.18. The minimum absolute atomic E-state index is 0.121. The molecule has 4 saturated carbocycles. The molecule has 0 aromatic rings. The van der Waals surface area contributed by atoms with Crippen molar-refractivity contribution in [3.05, 3.63) is 0 Å². The Morgan fingerprint density at radius 1 is 1.08 bits per heavy atom. The van der Waals surface area contributed by atoms with Crippen LogP contribution in [-0.2, 0) is 9.59 Å². The van der Waals surface area contributed by atoms with Crippen molar-refractivity contribution in [1.29, 1.82) is 0 Å². The first-order valence-electron chi connectivity index (χ1n) is 5.18. The molecule has 0 radical (unpaired) electrons. The second kappa shape index (κ2) is 2.05. The maximum atomic E-state index is 11.9. The van der Waals surface area contributed by atoms with E-state index in [1.165, 1.54) is 0 Å². The molecule has 4 fully saturated rings. The van der Waals surface area contributed by atoms with E-state index in [0.717, 1.165) is 25.7 Å². The van der Waals surface area contributed by atoms with Gasteiger partial charge in [-0.05, 0) is 25.7 Å². The molecule has 13 heavy (non-hydrogen) atoms. The average Bonchev–Trinajstić information content (AvgIpc) is 2.05. The van der Waals surface area contributed by atoms with Gasteiger partial charge < -0.3 is 0 Å². The lowest BCUT2D eigenvalue weighted by molar-refractivity contribution is -0.159. The van der Waals surface area contributed by atoms with E-state index in [-0.39, 0.29) is 23.2 Å². The summed E-state index contributed by atoms with van der Waals surface area (Å²) in [5.41, 5.74) is -0.121. The predicted molar refractivity (Wildman–Crippen MR) is 47.1 cm³/mol. The Hall–Kier alpha value is -0.660. The smallest absolute Gasteiger partial charge is 0.141 e. The van der Waals surface area contributed by atoms with Crippen LogP contribution in [0.1, 0.15) is 32.6 Å². The van der Waals surface area contributed by atoms with Crippen LogP contribution in [0.25, 0.3) is 0 Å². The van der Waals surface area contributed by atoms with Gasteiger partial charge in [-0.2, -0.15) is 0 Å². The highest BCUT2D eigenvalue weighted by Crippen LogP contribution is 2.56. The highest BCUT2D eigenvalue weighted by atomic mass is 16.1. The highest BCUT2D eigenvalue weighted by Gasteiger charge is 2.57. The summed E-state index contributed by atoms with van der Waals surface area (Å²) in [6, 6.07) is 0. The molecule has 70 valence electrons. The monoisotopic (exact) mass is 178 g/mol. The van der Waals surface area contributed by atoms with Gasteiger partial charge in [0.15, 0.2) is 0 Å². The summed E-state index contributed by atoms with van der Waals surface area (Å²) in [7, 11) is 0. The second-order valence-corrected chi connectivity index (χ2v) is 5.30. The van der Waals surface area contributed by atoms with Crippen molar-refractivity contribution in [3.63, 3.8) is 0 Å². The van der Waals surface area contributed by atoms with E-state index in [4.69, 9.17) is 0 Å². The maximum Gasteiger partial charge on any atom is 0.141 e. The van der Waals surface area contributed by atoms with E-state index in [2.05, 4.69) is 6.92 Å². The average molecular weight is 178 g/mol. The second-order valence-electron chi connectivity index (χ2n) is 5.30. The summed E-state index contributed by atoms with van der Waals surface area (Å²) in [4.78, 5) is 23.6. The Labute approximate surface area is 77.7 Å². The summed E-state index contributed by atoms with van der Waals surface area (Å²) < 4.78 is 0. The molecule has 4 aliphatic rings. The standard InChI is InChI=1S/C11H14O2/c1-11-4-7-2-6(10(11)13)3-8(5-11)9(7)12/h6-8H,2-5H2,1H3. The van der Waals surface area contributed by atoms with Crippen LogP contribution in [0.3, 0.4) is 0 Å². The Morgan fingerprint density at radius 3 is 2.08 bits per heavy atom. The summed E-state index contributed by atoms with van der Waals surface area (Å²) >= 11 is 0. The molecule has 4 aliphatic carbocycles. The molecule has 4 bridgehead atoms. The summed E-state index contributed by atoms with van der Waals surface area (Å²) in [5, 5.41) is 0. The summed E-state index contributed by atoms with van der Waals surface area (Å²) in [6.45, 7) is 2.06. The molecule has 0 spiro atoms. The van der Waals surface area contributed by atoms with Gasteiger partial charge in [0, 0.05) is 23.2 Å². The molecular formula is C11H14O2. The van der Waals surface area contributed by atoms with E-state index >= 15 is 0 Å². The molecule has 0 aromatic carbocycles. The van der Waals surface area contributed by atoms with Crippen LogP contribution in [0.5, 0.6) is 0 Å². The molecule has 0 amide bonds. The molecule has 0 aliphatic heterocycles. The molecule has 0 N–H and O–H groups in total. The van der Waals surface area contributed by atoms with Gasteiger partial charge in [0.1, 0.15) is 11.6 Å². The van der Waals surface area contributed by atoms with Crippen LogP contribution < -0.4 is 0 Å². The van der Waals surface area contributed by atoms with Crippen LogP contribution in [-0.4, -0.2) is 11.6 Å². The zero-order valence-electron chi connectivity index (χ0n) is 7.88. The molecule has 2 heteroatoms. The number of rotatable bonds is 0. The van der Waals surface area contributed by atoms with Crippen molar-refractivity contribution in [2.24, 2.45) is 23.2 Å². The first-order chi connectivity index (χ1) is 6.10. The topological polar surface area (TPSA) is 34.1 Å². The Bertz CT molecular complexity index is 287. The normalized spacial score (nSPS) is 53.2. The predicted octanol–water partition coefficient (Wildman–Crippen LogP) is 1.58.